The van der Waals surface area contributed by atoms with Gasteiger partial charge in [-0.25, -0.2) is 4.79 Å². The fourth-order valence-corrected chi connectivity index (χ4v) is 2.14. The number of methoxy groups -OCH3 is 2. The molecule has 0 radical (unpaired) electrons. The number of urea groups is 1. The standard InChI is InChI=1S/C15H14Cl2N2O3/c1-21-9-6-7-13(22-2)12(8-9)19-15(20)18-11-5-3-4-10(16)14(11)17/h3-8H,1-2H3,(H2,18,19,20). The van der Waals surface area contributed by atoms with Gasteiger partial charge in [-0.1, -0.05) is 29.3 Å². The van der Waals surface area contributed by atoms with Gasteiger partial charge in [-0.2, -0.15) is 0 Å². The molecular formula is C15H14Cl2N2O3. The van der Waals surface area contributed by atoms with Crippen LogP contribution in [0.5, 0.6) is 11.5 Å². The third-order valence-corrected chi connectivity index (χ3v) is 3.67. The van der Waals surface area contributed by atoms with Crippen LogP contribution in [-0.4, -0.2) is 20.3 Å². The summed E-state index contributed by atoms with van der Waals surface area (Å²) < 4.78 is 10.3. The molecule has 2 aromatic rings. The molecule has 0 heterocycles. The van der Waals surface area contributed by atoms with Crippen LogP contribution in [0.3, 0.4) is 0 Å². The molecule has 0 saturated carbocycles. The van der Waals surface area contributed by atoms with E-state index in [1.54, 1.807) is 36.4 Å². The second kappa shape index (κ2) is 7.24. The van der Waals surface area contributed by atoms with Gasteiger partial charge in [0.25, 0.3) is 0 Å². The number of hydrogen-bond donors (Lipinski definition) is 2. The summed E-state index contributed by atoms with van der Waals surface area (Å²) in [5.41, 5.74) is 0.881. The summed E-state index contributed by atoms with van der Waals surface area (Å²) in [7, 11) is 3.05. The third-order valence-electron chi connectivity index (χ3n) is 2.85. The zero-order chi connectivity index (χ0) is 16.1. The summed E-state index contributed by atoms with van der Waals surface area (Å²) >= 11 is 11.9. The lowest BCUT2D eigenvalue weighted by molar-refractivity contribution is 0.262. The van der Waals surface area contributed by atoms with Crippen molar-refractivity contribution in [1.82, 2.24) is 0 Å². The number of nitrogens with one attached hydrogen (secondary N) is 2. The second-order valence-corrected chi connectivity index (χ2v) is 5.03. The van der Waals surface area contributed by atoms with Crippen LogP contribution in [0, 0.1) is 0 Å². The van der Waals surface area contributed by atoms with E-state index in [-0.39, 0.29) is 5.02 Å². The Kier molecular flexibility index (Phi) is 5.35. The van der Waals surface area contributed by atoms with E-state index in [2.05, 4.69) is 10.6 Å². The summed E-state index contributed by atoms with van der Waals surface area (Å²) in [6, 6.07) is 9.58. The largest absolute Gasteiger partial charge is 0.497 e. The maximum Gasteiger partial charge on any atom is 0.323 e. The highest BCUT2D eigenvalue weighted by Gasteiger charge is 2.11. The van der Waals surface area contributed by atoms with Crippen LogP contribution < -0.4 is 20.1 Å². The van der Waals surface area contributed by atoms with Gasteiger partial charge < -0.3 is 20.1 Å². The van der Waals surface area contributed by atoms with Crippen molar-refractivity contribution >= 4 is 40.6 Å². The number of carbonyl (C=O) groups excluding carboxylic acids is 1. The van der Waals surface area contributed by atoms with E-state index in [1.165, 1.54) is 14.2 Å². The molecule has 5 nitrogen and oxygen atoms in total. The molecular weight excluding hydrogens is 327 g/mol. The van der Waals surface area contributed by atoms with Crippen molar-refractivity contribution in [2.45, 2.75) is 0 Å². The van der Waals surface area contributed by atoms with Crippen LogP contribution in [0.4, 0.5) is 16.2 Å². The molecule has 2 N–H and O–H groups in total. The molecule has 22 heavy (non-hydrogen) atoms. The van der Waals surface area contributed by atoms with Crippen LogP contribution in [0.15, 0.2) is 36.4 Å². The van der Waals surface area contributed by atoms with Crippen LogP contribution in [0.25, 0.3) is 0 Å². The maximum atomic E-state index is 12.1. The summed E-state index contributed by atoms with van der Waals surface area (Å²) in [6.45, 7) is 0. The minimum absolute atomic E-state index is 0.275. The van der Waals surface area contributed by atoms with Gasteiger partial charge >= 0.3 is 6.03 Å². The Morgan fingerprint density at radius 3 is 2.41 bits per heavy atom. The number of benzene rings is 2. The van der Waals surface area contributed by atoms with Gasteiger partial charge in [0.05, 0.1) is 35.6 Å². The van der Waals surface area contributed by atoms with Crippen LogP contribution >= 0.6 is 23.2 Å². The predicted octanol–water partition coefficient (Wildman–Crippen LogP) is 4.65. The zero-order valence-electron chi connectivity index (χ0n) is 11.9. The molecule has 0 aliphatic heterocycles. The molecule has 0 aliphatic rings. The first kappa shape index (κ1) is 16.3. The molecule has 0 aromatic heterocycles. The van der Waals surface area contributed by atoms with E-state index in [9.17, 15) is 4.79 Å². The van der Waals surface area contributed by atoms with E-state index in [4.69, 9.17) is 32.7 Å². The van der Waals surface area contributed by atoms with Gasteiger partial charge in [-0.15, -0.1) is 0 Å². The summed E-state index contributed by atoms with van der Waals surface area (Å²) in [4.78, 5) is 12.1. The summed E-state index contributed by atoms with van der Waals surface area (Å²) in [5, 5.41) is 5.93. The lowest BCUT2D eigenvalue weighted by Gasteiger charge is -2.13. The van der Waals surface area contributed by atoms with Gasteiger partial charge in [0.1, 0.15) is 11.5 Å². The Labute approximate surface area is 138 Å². The average Bonchev–Trinajstić information content (AvgIpc) is 2.51. The number of carbonyl (C=O) groups is 1. The van der Waals surface area contributed by atoms with Gasteiger partial charge in [-0.3, -0.25) is 0 Å². The van der Waals surface area contributed by atoms with E-state index in [0.29, 0.717) is 27.9 Å². The Morgan fingerprint density at radius 2 is 1.73 bits per heavy atom. The van der Waals surface area contributed by atoms with Crippen molar-refractivity contribution in [3.8, 4) is 11.5 Å². The molecule has 2 amide bonds. The Balaban J connectivity index is 2.16. The molecule has 0 atom stereocenters. The SMILES string of the molecule is COc1ccc(OC)c(NC(=O)Nc2cccc(Cl)c2Cl)c1. The lowest BCUT2D eigenvalue weighted by Crippen LogP contribution is -2.20. The molecule has 0 saturated heterocycles. The normalized spacial score (nSPS) is 10.0. The van der Waals surface area contributed by atoms with Crippen molar-refractivity contribution in [2.75, 3.05) is 24.9 Å². The van der Waals surface area contributed by atoms with Crippen molar-refractivity contribution in [1.29, 1.82) is 0 Å². The number of anilines is 2. The topological polar surface area (TPSA) is 59.6 Å². The first-order chi connectivity index (χ1) is 10.5. The molecule has 0 aliphatic carbocycles. The second-order valence-electron chi connectivity index (χ2n) is 4.25. The molecule has 0 unspecified atom stereocenters. The highest BCUT2D eigenvalue weighted by atomic mass is 35.5. The van der Waals surface area contributed by atoms with E-state index in [0.717, 1.165) is 0 Å². The molecule has 0 spiro atoms. The minimum Gasteiger partial charge on any atom is -0.497 e. The number of ether oxygens (including phenoxy) is 2. The minimum atomic E-state index is -0.476. The lowest BCUT2D eigenvalue weighted by atomic mass is 10.2. The first-order valence-corrected chi connectivity index (χ1v) is 7.04. The number of halogens is 2. The fraction of sp³-hybridized carbons (Fsp3) is 0.133. The highest BCUT2D eigenvalue weighted by molar-refractivity contribution is 6.44. The van der Waals surface area contributed by atoms with Crippen molar-refractivity contribution in [3.05, 3.63) is 46.4 Å². The van der Waals surface area contributed by atoms with Gasteiger partial charge in [0.2, 0.25) is 0 Å². The third kappa shape index (κ3) is 3.75. The van der Waals surface area contributed by atoms with Crippen LogP contribution in [0.2, 0.25) is 10.0 Å². The van der Waals surface area contributed by atoms with Crippen molar-refractivity contribution in [3.63, 3.8) is 0 Å². The van der Waals surface area contributed by atoms with Crippen molar-refractivity contribution in [2.24, 2.45) is 0 Å². The molecule has 116 valence electrons. The summed E-state index contributed by atoms with van der Waals surface area (Å²) in [6.07, 6.45) is 0. The maximum absolute atomic E-state index is 12.1. The van der Waals surface area contributed by atoms with Crippen LogP contribution in [-0.2, 0) is 0 Å². The zero-order valence-corrected chi connectivity index (χ0v) is 13.5. The Hall–Kier alpha value is -2.11. The summed E-state index contributed by atoms with van der Waals surface area (Å²) in [5.74, 6) is 1.10. The monoisotopic (exact) mass is 340 g/mol. The van der Waals surface area contributed by atoms with Crippen LogP contribution in [0.1, 0.15) is 0 Å². The molecule has 0 bridgehead atoms. The molecule has 7 heteroatoms. The quantitative estimate of drug-likeness (QED) is 0.851. The van der Waals surface area contributed by atoms with Crippen molar-refractivity contribution < 1.29 is 14.3 Å². The smallest absolute Gasteiger partial charge is 0.323 e. The molecule has 2 aromatic carbocycles. The number of hydrogen-bond acceptors (Lipinski definition) is 3. The Bertz CT molecular complexity index is 692. The Morgan fingerprint density at radius 1 is 1.00 bits per heavy atom. The fourth-order valence-electron chi connectivity index (χ4n) is 1.79. The van der Waals surface area contributed by atoms with E-state index < -0.39 is 6.03 Å². The predicted molar refractivity (Wildman–Crippen MR) is 88.6 cm³/mol. The van der Waals surface area contributed by atoms with E-state index in [1.807, 2.05) is 0 Å². The van der Waals surface area contributed by atoms with Gasteiger partial charge in [0.15, 0.2) is 0 Å². The van der Waals surface area contributed by atoms with E-state index >= 15 is 0 Å². The average molecular weight is 341 g/mol. The molecule has 0 fully saturated rings. The van der Waals surface area contributed by atoms with Gasteiger partial charge in [0, 0.05) is 6.07 Å². The first-order valence-electron chi connectivity index (χ1n) is 6.29. The van der Waals surface area contributed by atoms with Gasteiger partial charge in [-0.05, 0) is 24.3 Å². The molecule has 2 rings (SSSR count). The number of amides is 2. The number of rotatable bonds is 4. The highest BCUT2D eigenvalue weighted by Crippen LogP contribution is 2.31.